The lowest BCUT2D eigenvalue weighted by Crippen LogP contribution is -2.40. The molecule has 0 radical (unpaired) electrons. The van der Waals surface area contributed by atoms with Gasteiger partial charge in [0, 0.05) is 24.7 Å². The van der Waals surface area contributed by atoms with Gasteiger partial charge in [0.1, 0.15) is 5.75 Å². The molecule has 1 aliphatic rings. The minimum Gasteiger partial charge on any atom is -0.494 e. The van der Waals surface area contributed by atoms with E-state index in [4.69, 9.17) is 4.74 Å². The summed E-state index contributed by atoms with van der Waals surface area (Å²) in [7, 11) is 0. The Morgan fingerprint density at radius 1 is 1.30 bits per heavy atom. The Labute approximate surface area is 138 Å². The summed E-state index contributed by atoms with van der Waals surface area (Å²) in [5.74, 6) is 0.830. The Hall–Kier alpha value is -2.04. The molecule has 1 saturated heterocycles. The lowest BCUT2D eigenvalue weighted by Gasteiger charge is -2.20. The molecule has 2 atom stereocenters. The van der Waals surface area contributed by atoms with Crippen molar-refractivity contribution in [3.05, 3.63) is 24.3 Å². The second-order valence-electron chi connectivity index (χ2n) is 6.37. The van der Waals surface area contributed by atoms with Crippen molar-refractivity contribution in [1.29, 1.82) is 0 Å². The van der Waals surface area contributed by atoms with Crippen molar-refractivity contribution in [2.24, 2.45) is 11.8 Å². The third-order valence-electron chi connectivity index (χ3n) is 4.33. The summed E-state index contributed by atoms with van der Waals surface area (Å²) in [5, 5.41) is 3.00. The zero-order chi connectivity index (χ0) is 17.0. The number of amides is 2. The topological polar surface area (TPSA) is 58.6 Å². The molecule has 1 N–H and O–H groups in total. The van der Waals surface area contributed by atoms with Crippen molar-refractivity contribution in [3.63, 3.8) is 0 Å². The molecule has 1 heterocycles. The fraction of sp³-hybridized carbons (Fsp3) is 0.556. The molecule has 0 aromatic heterocycles. The van der Waals surface area contributed by atoms with Gasteiger partial charge in [-0.25, -0.2) is 0 Å². The number of carbonyl (C=O) groups excluding carboxylic acids is 2. The maximum Gasteiger partial charge on any atom is 0.227 e. The first-order valence-electron chi connectivity index (χ1n) is 8.26. The Morgan fingerprint density at radius 3 is 2.52 bits per heavy atom. The van der Waals surface area contributed by atoms with E-state index in [1.54, 1.807) is 4.90 Å². The Bertz CT molecular complexity index is 554. The zero-order valence-corrected chi connectivity index (χ0v) is 14.3. The van der Waals surface area contributed by atoms with E-state index in [0.717, 1.165) is 11.4 Å². The van der Waals surface area contributed by atoms with Crippen LogP contribution in [0.3, 0.4) is 0 Å². The normalized spacial score (nSPS) is 19.1. The van der Waals surface area contributed by atoms with E-state index < -0.39 is 0 Å². The summed E-state index contributed by atoms with van der Waals surface area (Å²) in [6.45, 7) is 9.10. The highest BCUT2D eigenvalue weighted by molar-refractivity contribution is 6.00. The van der Waals surface area contributed by atoms with Gasteiger partial charge in [0.25, 0.3) is 0 Å². The van der Waals surface area contributed by atoms with Crippen LogP contribution in [0, 0.1) is 11.8 Å². The molecule has 1 aliphatic heterocycles. The molecule has 0 aliphatic carbocycles. The summed E-state index contributed by atoms with van der Waals surface area (Å²) >= 11 is 0. The SMILES string of the molecule is CCOc1ccc(N2CC(C(=O)NC(C)C(C)C)CC2=O)cc1. The molecule has 2 unspecified atom stereocenters. The van der Waals surface area contributed by atoms with Crippen molar-refractivity contribution < 1.29 is 14.3 Å². The van der Waals surface area contributed by atoms with Gasteiger partial charge in [0.15, 0.2) is 0 Å². The first-order valence-corrected chi connectivity index (χ1v) is 8.26. The van der Waals surface area contributed by atoms with Gasteiger partial charge in [-0.3, -0.25) is 9.59 Å². The number of benzene rings is 1. The highest BCUT2D eigenvalue weighted by Crippen LogP contribution is 2.27. The van der Waals surface area contributed by atoms with Crippen molar-refractivity contribution in [1.82, 2.24) is 5.32 Å². The van der Waals surface area contributed by atoms with Gasteiger partial charge in [-0.2, -0.15) is 0 Å². The zero-order valence-electron chi connectivity index (χ0n) is 14.3. The minimum atomic E-state index is -0.282. The maximum absolute atomic E-state index is 12.3. The third kappa shape index (κ3) is 4.24. The number of ether oxygens (including phenoxy) is 1. The number of hydrogen-bond donors (Lipinski definition) is 1. The third-order valence-corrected chi connectivity index (χ3v) is 4.33. The number of anilines is 1. The number of nitrogens with one attached hydrogen (secondary N) is 1. The summed E-state index contributed by atoms with van der Waals surface area (Å²) in [6, 6.07) is 7.53. The van der Waals surface area contributed by atoms with Gasteiger partial charge in [-0.1, -0.05) is 13.8 Å². The monoisotopic (exact) mass is 318 g/mol. The second-order valence-corrected chi connectivity index (χ2v) is 6.37. The van der Waals surface area contributed by atoms with Crippen LogP contribution in [-0.4, -0.2) is 31.0 Å². The fourth-order valence-corrected chi connectivity index (χ4v) is 2.53. The van der Waals surface area contributed by atoms with Gasteiger partial charge in [-0.05, 0) is 44.0 Å². The predicted octanol–water partition coefficient (Wildman–Crippen LogP) is 2.60. The number of hydrogen-bond acceptors (Lipinski definition) is 3. The minimum absolute atomic E-state index is 0.00786. The molecular weight excluding hydrogens is 292 g/mol. The molecule has 1 aromatic carbocycles. The molecule has 5 nitrogen and oxygen atoms in total. The first-order chi connectivity index (χ1) is 10.9. The smallest absolute Gasteiger partial charge is 0.227 e. The van der Waals surface area contributed by atoms with Crippen molar-refractivity contribution >= 4 is 17.5 Å². The summed E-state index contributed by atoms with van der Waals surface area (Å²) < 4.78 is 5.41. The fourth-order valence-electron chi connectivity index (χ4n) is 2.53. The van der Waals surface area contributed by atoms with Gasteiger partial charge in [0.05, 0.1) is 12.5 Å². The standard InChI is InChI=1S/C18H26N2O3/c1-5-23-16-8-6-15(7-9-16)20-11-14(10-17(20)21)18(22)19-13(4)12(2)3/h6-9,12-14H,5,10-11H2,1-4H3,(H,19,22). The van der Waals surface area contributed by atoms with Crippen LogP contribution < -0.4 is 15.0 Å². The molecule has 0 saturated carbocycles. The number of nitrogens with zero attached hydrogens (tertiary/aromatic N) is 1. The van der Waals surface area contributed by atoms with E-state index in [1.165, 1.54) is 0 Å². The molecule has 1 fully saturated rings. The molecule has 1 aromatic rings. The Balaban J connectivity index is 2.00. The predicted molar refractivity (Wildman–Crippen MR) is 90.5 cm³/mol. The van der Waals surface area contributed by atoms with E-state index in [1.807, 2.05) is 38.1 Å². The largest absolute Gasteiger partial charge is 0.494 e. The van der Waals surface area contributed by atoms with Crippen LogP contribution >= 0.6 is 0 Å². The van der Waals surface area contributed by atoms with E-state index in [-0.39, 0.29) is 30.2 Å². The van der Waals surface area contributed by atoms with Crippen LogP contribution in [0.4, 0.5) is 5.69 Å². The van der Waals surface area contributed by atoms with Crippen molar-refractivity contribution in [2.75, 3.05) is 18.1 Å². The van der Waals surface area contributed by atoms with Crippen molar-refractivity contribution in [2.45, 2.75) is 40.2 Å². The molecule has 0 bridgehead atoms. The van der Waals surface area contributed by atoms with E-state index >= 15 is 0 Å². The number of rotatable bonds is 6. The average Bonchev–Trinajstić information content (AvgIpc) is 2.90. The summed E-state index contributed by atoms with van der Waals surface area (Å²) in [6.07, 6.45) is 0.268. The lowest BCUT2D eigenvalue weighted by atomic mass is 10.0. The highest BCUT2D eigenvalue weighted by Gasteiger charge is 2.35. The molecule has 2 rings (SSSR count). The molecule has 23 heavy (non-hydrogen) atoms. The van der Waals surface area contributed by atoms with Gasteiger partial charge >= 0.3 is 0 Å². The Morgan fingerprint density at radius 2 is 1.96 bits per heavy atom. The van der Waals surface area contributed by atoms with Crippen LogP contribution in [0.15, 0.2) is 24.3 Å². The Kier molecular flexibility index (Phi) is 5.64. The van der Waals surface area contributed by atoms with Gasteiger partial charge in [-0.15, -0.1) is 0 Å². The van der Waals surface area contributed by atoms with Crippen molar-refractivity contribution in [3.8, 4) is 5.75 Å². The van der Waals surface area contributed by atoms with Crippen LogP contribution in [0.2, 0.25) is 0 Å². The molecule has 126 valence electrons. The maximum atomic E-state index is 12.3. The van der Waals surface area contributed by atoms with Crippen LogP contribution in [-0.2, 0) is 9.59 Å². The second kappa shape index (κ2) is 7.49. The van der Waals surface area contributed by atoms with Crippen LogP contribution in [0.1, 0.15) is 34.1 Å². The van der Waals surface area contributed by atoms with E-state index in [0.29, 0.717) is 19.1 Å². The quantitative estimate of drug-likeness (QED) is 0.877. The molecule has 5 heteroatoms. The number of carbonyl (C=O) groups is 2. The van der Waals surface area contributed by atoms with E-state index in [9.17, 15) is 9.59 Å². The average molecular weight is 318 g/mol. The molecule has 2 amide bonds. The first kappa shape index (κ1) is 17.3. The van der Waals surface area contributed by atoms with Crippen LogP contribution in [0.5, 0.6) is 5.75 Å². The van der Waals surface area contributed by atoms with Gasteiger partial charge in [0.2, 0.25) is 11.8 Å². The highest BCUT2D eigenvalue weighted by atomic mass is 16.5. The summed E-state index contributed by atoms with van der Waals surface area (Å²) in [4.78, 5) is 26.2. The summed E-state index contributed by atoms with van der Waals surface area (Å²) in [5.41, 5.74) is 0.811. The van der Waals surface area contributed by atoms with Crippen LogP contribution in [0.25, 0.3) is 0 Å². The molecule has 0 spiro atoms. The lowest BCUT2D eigenvalue weighted by molar-refractivity contribution is -0.127. The van der Waals surface area contributed by atoms with E-state index in [2.05, 4.69) is 19.2 Å². The molecular formula is C18H26N2O3. The van der Waals surface area contributed by atoms with Gasteiger partial charge < -0.3 is 15.0 Å².